The first-order valence-electron chi connectivity index (χ1n) is 7.16. The van der Waals surface area contributed by atoms with Gasteiger partial charge in [-0.2, -0.15) is 0 Å². The Kier molecular flexibility index (Phi) is 6.72. The van der Waals surface area contributed by atoms with Crippen molar-refractivity contribution in [3.8, 4) is 5.75 Å². The Bertz CT molecular complexity index is 459. The number of hydrogen-bond donors (Lipinski definition) is 1. The molecule has 0 aliphatic rings. The molecule has 1 aromatic carbocycles. The standard InChI is InChI=1S/C16H23NO4/c1-4-14(21-13-8-6-5-7-9-13)16(20)17(10-12(2)3)11-15(18)19/h5-9,12,14H,4,10-11H2,1-3H3,(H,18,19). The number of rotatable bonds is 8. The van der Waals surface area contributed by atoms with Crippen LogP contribution in [0.5, 0.6) is 5.75 Å². The largest absolute Gasteiger partial charge is 0.481 e. The van der Waals surface area contributed by atoms with Crippen LogP contribution < -0.4 is 4.74 Å². The second-order valence-corrected chi connectivity index (χ2v) is 5.33. The van der Waals surface area contributed by atoms with Crippen LogP contribution in [-0.2, 0) is 9.59 Å². The van der Waals surface area contributed by atoms with Crippen LogP contribution >= 0.6 is 0 Å². The lowest BCUT2D eigenvalue weighted by atomic mass is 10.1. The van der Waals surface area contributed by atoms with E-state index < -0.39 is 12.1 Å². The van der Waals surface area contributed by atoms with Crippen LogP contribution in [0.3, 0.4) is 0 Å². The number of carboxylic acid groups (broad SMARTS) is 1. The Morgan fingerprint density at radius 1 is 1.24 bits per heavy atom. The molecule has 1 rings (SSSR count). The van der Waals surface area contributed by atoms with E-state index in [0.29, 0.717) is 18.7 Å². The highest BCUT2D eigenvalue weighted by molar-refractivity contribution is 5.84. The maximum atomic E-state index is 12.5. The molecule has 0 fully saturated rings. The molecule has 0 aromatic heterocycles. The van der Waals surface area contributed by atoms with E-state index in [1.165, 1.54) is 4.90 Å². The minimum atomic E-state index is -1.02. The summed E-state index contributed by atoms with van der Waals surface area (Å²) in [7, 11) is 0. The quantitative estimate of drug-likeness (QED) is 0.799. The molecule has 0 bridgehead atoms. The number of carbonyl (C=O) groups excluding carboxylic acids is 1. The number of aliphatic carboxylic acids is 1. The summed E-state index contributed by atoms with van der Waals surface area (Å²) in [4.78, 5) is 24.8. The van der Waals surface area contributed by atoms with Gasteiger partial charge in [0.15, 0.2) is 6.10 Å². The summed E-state index contributed by atoms with van der Waals surface area (Å²) < 4.78 is 5.69. The Balaban J connectivity index is 2.80. The molecule has 1 unspecified atom stereocenters. The average Bonchev–Trinajstić information content (AvgIpc) is 2.43. The fourth-order valence-electron chi connectivity index (χ4n) is 2.01. The number of benzene rings is 1. The maximum absolute atomic E-state index is 12.5. The molecule has 116 valence electrons. The third kappa shape index (κ3) is 5.85. The zero-order valence-electron chi connectivity index (χ0n) is 12.8. The Hall–Kier alpha value is -2.04. The molecule has 5 nitrogen and oxygen atoms in total. The monoisotopic (exact) mass is 293 g/mol. The van der Waals surface area contributed by atoms with Crippen molar-refractivity contribution >= 4 is 11.9 Å². The maximum Gasteiger partial charge on any atom is 0.323 e. The number of ether oxygens (including phenoxy) is 1. The van der Waals surface area contributed by atoms with Crippen LogP contribution in [0, 0.1) is 5.92 Å². The van der Waals surface area contributed by atoms with Gasteiger partial charge in [0.25, 0.3) is 5.91 Å². The van der Waals surface area contributed by atoms with Crippen molar-refractivity contribution in [2.75, 3.05) is 13.1 Å². The molecule has 1 atom stereocenters. The molecule has 5 heteroatoms. The van der Waals surface area contributed by atoms with Crippen LogP contribution in [0.1, 0.15) is 27.2 Å². The molecular formula is C16H23NO4. The molecule has 0 heterocycles. The SMILES string of the molecule is CCC(Oc1ccccc1)C(=O)N(CC(=O)O)CC(C)C. The first-order valence-corrected chi connectivity index (χ1v) is 7.16. The molecule has 0 radical (unpaired) electrons. The Morgan fingerprint density at radius 2 is 1.86 bits per heavy atom. The van der Waals surface area contributed by atoms with Crippen molar-refractivity contribution in [2.45, 2.75) is 33.3 Å². The summed E-state index contributed by atoms with van der Waals surface area (Å²) >= 11 is 0. The highest BCUT2D eigenvalue weighted by atomic mass is 16.5. The van der Waals surface area contributed by atoms with E-state index in [0.717, 1.165) is 0 Å². The van der Waals surface area contributed by atoms with Gasteiger partial charge in [0.2, 0.25) is 0 Å². The predicted octanol–water partition coefficient (Wildman–Crippen LogP) is 2.41. The highest BCUT2D eigenvalue weighted by Crippen LogP contribution is 2.14. The third-order valence-electron chi connectivity index (χ3n) is 2.89. The first-order chi connectivity index (χ1) is 9.93. The van der Waals surface area contributed by atoms with Crippen LogP contribution in [0.2, 0.25) is 0 Å². The van der Waals surface area contributed by atoms with E-state index in [1.54, 1.807) is 12.1 Å². The van der Waals surface area contributed by atoms with Gasteiger partial charge in [-0.1, -0.05) is 39.0 Å². The van der Waals surface area contributed by atoms with Crippen molar-refractivity contribution in [2.24, 2.45) is 5.92 Å². The fourth-order valence-corrected chi connectivity index (χ4v) is 2.01. The zero-order valence-corrected chi connectivity index (χ0v) is 12.8. The van der Waals surface area contributed by atoms with Crippen LogP contribution in [-0.4, -0.2) is 41.1 Å². The number of carbonyl (C=O) groups is 2. The molecule has 21 heavy (non-hydrogen) atoms. The van der Waals surface area contributed by atoms with Gasteiger partial charge in [0, 0.05) is 6.54 Å². The van der Waals surface area contributed by atoms with Gasteiger partial charge < -0.3 is 14.7 Å². The van der Waals surface area contributed by atoms with Gasteiger partial charge in [-0.25, -0.2) is 0 Å². The fraction of sp³-hybridized carbons (Fsp3) is 0.500. The Morgan fingerprint density at radius 3 is 2.33 bits per heavy atom. The molecule has 1 aromatic rings. The molecule has 0 saturated carbocycles. The lowest BCUT2D eigenvalue weighted by Crippen LogP contribution is -2.45. The van der Waals surface area contributed by atoms with Crippen molar-refractivity contribution < 1.29 is 19.4 Å². The van der Waals surface area contributed by atoms with Crippen molar-refractivity contribution in [1.82, 2.24) is 4.90 Å². The predicted molar refractivity (Wildman–Crippen MR) is 80.2 cm³/mol. The first kappa shape index (κ1) is 17.0. The number of amides is 1. The van der Waals surface area contributed by atoms with Gasteiger partial charge in [0.05, 0.1) is 0 Å². The third-order valence-corrected chi connectivity index (χ3v) is 2.89. The summed E-state index contributed by atoms with van der Waals surface area (Å²) in [6, 6.07) is 9.08. The summed E-state index contributed by atoms with van der Waals surface area (Å²) in [5.41, 5.74) is 0. The van der Waals surface area contributed by atoms with E-state index in [1.807, 2.05) is 39.0 Å². The van der Waals surface area contributed by atoms with E-state index in [4.69, 9.17) is 9.84 Å². The van der Waals surface area contributed by atoms with Crippen molar-refractivity contribution in [3.63, 3.8) is 0 Å². The van der Waals surface area contributed by atoms with Crippen LogP contribution in [0.4, 0.5) is 0 Å². The van der Waals surface area contributed by atoms with E-state index in [2.05, 4.69) is 0 Å². The smallest absolute Gasteiger partial charge is 0.323 e. The second kappa shape index (κ2) is 8.29. The molecule has 0 aliphatic carbocycles. The Labute approximate surface area is 125 Å². The molecule has 0 saturated heterocycles. The zero-order chi connectivity index (χ0) is 15.8. The molecule has 1 amide bonds. The number of nitrogens with zero attached hydrogens (tertiary/aromatic N) is 1. The molecular weight excluding hydrogens is 270 g/mol. The minimum absolute atomic E-state index is 0.197. The van der Waals surface area contributed by atoms with Gasteiger partial charge in [-0.15, -0.1) is 0 Å². The van der Waals surface area contributed by atoms with Crippen LogP contribution in [0.25, 0.3) is 0 Å². The minimum Gasteiger partial charge on any atom is -0.481 e. The van der Waals surface area contributed by atoms with Crippen molar-refractivity contribution in [1.29, 1.82) is 0 Å². The summed E-state index contributed by atoms with van der Waals surface area (Å²) in [5.74, 6) is -0.490. The van der Waals surface area contributed by atoms with E-state index >= 15 is 0 Å². The van der Waals surface area contributed by atoms with Gasteiger partial charge in [-0.3, -0.25) is 9.59 Å². The normalized spacial score (nSPS) is 12.0. The van der Waals surface area contributed by atoms with Crippen LogP contribution in [0.15, 0.2) is 30.3 Å². The lowest BCUT2D eigenvalue weighted by molar-refractivity contribution is -0.148. The van der Waals surface area contributed by atoms with E-state index in [-0.39, 0.29) is 18.4 Å². The summed E-state index contributed by atoms with van der Waals surface area (Å²) in [6.07, 6.45) is -0.174. The molecule has 0 aliphatic heterocycles. The van der Waals surface area contributed by atoms with Gasteiger partial charge >= 0.3 is 5.97 Å². The second-order valence-electron chi connectivity index (χ2n) is 5.33. The number of carboxylic acids is 1. The van der Waals surface area contributed by atoms with Gasteiger partial charge in [-0.05, 0) is 24.5 Å². The molecule has 1 N–H and O–H groups in total. The van der Waals surface area contributed by atoms with Crippen molar-refractivity contribution in [3.05, 3.63) is 30.3 Å². The highest BCUT2D eigenvalue weighted by Gasteiger charge is 2.26. The molecule has 0 spiro atoms. The van der Waals surface area contributed by atoms with E-state index in [9.17, 15) is 9.59 Å². The topological polar surface area (TPSA) is 66.8 Å². The number of hydrogen-bond acceptors (Lipinski definition) is 3. The number of para-hydroxylation sites is 1. The van der Waals surface area contributed by atoms with Gasteiger partial charge in [0.1, 0.15) is 12.3 Å². The lowest BCUT2D eigenvalue weighted by Gasteiger charge is -2.27. The average molecular weight is 293 g/mol. The summed E-state index contributed by atoms with van der Waals surface area (Å²) in [5, 5.41) is 8.96. The summed E-state index contributed by atoms with van der Waals surface area (Å²) in [6.45, 7) is 5.84.